The SMILES string of the molecule is CC1CC=C(C2CCC(C)C(F)C2F)CC1. The lowest BCUT2D eigenvalue weighted by Crippen LogP contribution is -2.38. The molecular formula is C14H22F2. The number of rotatable bonds is 1. The number of halogens is 2. The Morgan fingerprint density at radius 2 is 1.81 bits per heavy atom. The zero-order valence-electron chi connectivity index (χ0n) is 10.3. The van der Waals surface area contributed by atoms with Crippen LogP contribution in [-0.2, 0) is 0 Å². The Balaban J connectivity index is 2.04. The predicted molar refractivity (Wildman–Crippen MR) is 62.8 cm³/mol. The molecule has 2 aliphatic carbocycles. The van der Waals surface area contributed by atoms with Crippen molar-refractivity contribution >= 4 is 0 Å². The minimum absolute atomic E-state index is 0.102. The molecule has 1 fully saturated rings. The van der Waals surface area contributed by atoms with Gasteiger partial charge in [0.05, 0.1) is 0 Å². The molecule has 16 heavy (non-hydrogen) atoms. The van der Waals surface area contributed by atoms with Crippen molar-refractivity contribution in [1.82, 2.24) is 0 Å². The summed E-state index contributed by atoms with van der Waals surface area (Å²) in [6, 6.07) is 0. The van der Waals surface area contributed by atoms with E-state index in [4.69, 9.17) is 0 Å². The molecule has 5 atom stereocenters. The highest BCUT2D eigenvalue weighted by Crippen LogP contribution is 2.40. The number of hydrogen-bond donors (Lipinski definition) is 0. The van der Waals surface area contributed by atoms with Gasteiger partial charge in [-0.1, -0.05) is 25.5 Å². The van der Waals surface area contributed by atoms with Crippen LogP contribution in [0.5, 0.6) is 0 Å². The summed E-state index contributed by atoms with van der Waals surface area (Å²) in [4.78, 5) is 0. The van der Waals surface area contributed by atoms with E-state index >= 15 is 0 Å². The molecular weight excluding hydrogens is 206 g/mol. The minimum Gasteiger partial charge on any atom is -0.244 e. The van der Waals surface area contributed by atoms with E-state index < -0.39 is 12.3 Å². The summed E-state index contributed by atoms with van der Waals surface area (Å²) in [7, 11) is 0. The summed E-state index contributed by atoms with van der Waals surface area (Å²) in [6.07, 6.45) is 4.50. The van der Waals surface area contributed by atoms with Crippen molar-refractivity contribution in [2.24, 2.45) is 17.8 Å². The Bertz CT molecular complexity index is 272. The largest absolute Gasteiger partial charge is 0.244 e. The van der Waals surface area contributed by atoms with Gasteiger partial charge in [0.25, 0.3) is 0 Å². The van der Waals surface area contributed by atoms with E-state index in [0.29, 0.717) is 5.92 Å². The molecule has 0 aromatic rings. The Hall–Kier alpha value is -0.400. The lowest BCUT2D eigenvalue weighted by molar-refractivity contribution is 0.0409. The maximum absolute atomic E-state index is 14.0. The summed E-state index contributed by atoms with van der Waals surface area (Å²) in [5.74, 6) is 0.485. The topological polar surface area (TPSA) is 0 Å². The van der Waals surface area contributed by atoms with Gasteiger partial charge < -0.3 is 0 Å². The van der Waals surface area contributed by atoms with Gasteiger partial charge in [0, 0.05) is 5.92 Å². The van der Waals surface area contributed by atoms with E-state index in [1.807, 2.05) is 6.92 Å². The second-order valence-corrected chi connectivity index (χ2v) is 5.71. The van der Waals surface area contributed by atoms with Gasteiger partial charge in [-0.2, -0.15) is 0 Å². The Morgan fingerprint density at radius 1 is 1.06 bits per heavy atom. The summed E-state index contributed by atoms with van der Waals surface area (Å²) >= 11 is 0. The van der Waals surface area contributed by atoms with E-state index in [-0.39, 0.29) is 11.8 Å². The Morgan fingerprint density at radius 3 is 2.44 bits per heavy atom. The first kappa shape index (κ1) is 12.1. The maximum atomic E-state index is 14.0. The molecule has 0 aromatic carbocycles. The highest BCUT2D eigenvalue weighted by Gasteiger charge is 2.39. The van der Waals surface area contributed by atoms with Gasteiger partial charge in [-0.15, -0.1) is 0 Å². The van der Waals surface area contributed by atoms with Gasteiger partial charge in [0.1, 0.15) is 12.3 Å². The average molecular weight is 228 g/mol. The van der Waals surface area contributed by atoms with Crippen LogP contribution in [0.4, 0.5) is 8.78 Å². The third-order valence-corrected chi connectivity index (χ3v) is 4.35. The lowest BCUT2D eigenvalue weighted by Gasteiger charge is -2.36. The highest BCUT2D eigenvalue weighted by atomic mass is 19.2. The molecule has 2 rings (SSSR count). The molecule has 5 unspecified atom stereocenters. The third kappa shape index (κ3) is 2.31. The minimum atomic E-state index is -1.26. The molecule has 0 aliphatic heterocycles. The van der Waals surface area contributed by atoms with Crippen molar-refractivity contribution in [3.63, 3.8) is 0 Å². The second kappa shape index (κ2) is 4.85. The van der Waals surface area contributed by atoms with Crippen LogP contribution in [0, 0.1) is 17.8 Å². The van der Waals surface area contributed by atoms with Gasteiger partial charge in [-0.3, -0.25) is 0 Å². The lowest BCUT2D eigenvalue weighted by atomic mass is 9.73. The summed E-state index contributed by atoms with van der Waals surface area (Å²) < 4.78 is 27.6. The zero-order chi connectivity index (χ0) is 11.7. The van der Waals surface area contributed by atoms with Crippen LogP contribution < -0.4 is 0 Å². The molecule has 0 aromatic heterocycles. The van der Waals surface area contributed by atoms with Crippen LogP contribution in [0.2, 0.25) is 0 Å². The van der Waals surface area contributed by atoms with Gasteiger partial charge in [0.15, 0.2) is 0 Å². The maximum Gasteiger partial charge on any atom is 0.138 e. The number of hydrogen-bond acceptors (Lipinski definition) is 0. The van der Waals surface area contributed by atoms with Crippen molar-refractivity contribution in [1.29, 1.82) is 0 Å². The van der Waals surface area contributed by atoms with E-state index in [1.165, 1.54) is 5.57 Å². The molecule has 2 aliphatic rings. The van der Waals surface area contributed by atoms with Crippen LogP contribution in [-0.4, -0.2) is 12.3 Å². The number of alkyl halides is 2. The smallest absolute Gasteiger partial charge is 0.138 e. The predicted octanol–water partition coefficient (Wildman–Crippen LogP) is 4.46. The fourth-order valence-electron chi connectivity index (χ4n) is 3.01. The second-order valence-electron chi connectivity index (χ2n) is 5.71. The van der Waals surface area contributed by atoms with Crippen LogP contribution >= 0.6 is 0 Å². The van der Waals surface area contributed by atoms with Gasteiger partial charge in [-0.25, -0.2) is 8.78 Å². The van der Waals surface area contributed by atoms with Gasteiger partial charge >= 0.3 is 0 Å². The zero-order valence-corrected chi connectivity index (χ0v) is 10.3. The molecule has 0 nitrogen and oxygen atoms in total. The first-order chi connectivity index (χ1) is 7.59. The van der Waals surface area contributed by atoms with Crippen molar-refractivity contribution in [3.8, 4) is 0 Å². The molecule has 1 saturated carbocycles. The third-order valence-electron chi connectivity index (χ3n) is 4.35. The van der Waals surface area contributed by atoms with Crippen LogP contribution in [0.15, 0.2) is 11.6 Å². The quantitative estimate of drug-likeness (QED) is 0.581. The van der Waals surface area contributed by atoms with Crippen molar-refractivity contribution in [2.75, 3.05) is 0 Å². The van der Waals surface area contributed by atoms with Crippen LogP contribution in [0.25, 0.3) is 0 Å². The average Bonchev–Trinajstić information content (AvgIpc) is 2.28. The molecule has 0 spiro atoms. The van der Waals surface area contributed by atoms with Crippen molar-refractivity contribution < 1.29 is 8.78 Å². The van der Waals surface area contributed by atoms with Gasteiger partial charge in [-0.05, 0) is 43.9 Å². The molecule has 0 heterocycles. The normalized spacial score (nSPS) is 45.2. The fraction of sp³-hybridized carbons (Fsp3) is 0.857. The molecule has 0 amide bonds. The molecule has 2 heteroatoms. The van der Waals surface area contributed by atoms with Crippen LogP contribution in [0.1, 0.15) is 46.0 Å². The van der Waals surface area contributed by atoms with Crippen molar-refractivity contribution in [3.05, 3.63) is 11.6 Å². The monoisotopic (exact) mass is 228 g/mol. The first-order valence-corrected chi connectivity index (χ1v) is 6.56. The first-order valence-electron chi connectivity index (χ1n) is 6.56. The molecule has 0 N–H and O–H groups in total. The van der Waals surface area contributed by atoms with E-state index in [0.717, 1.165) is 32.1 Å². The van der Waals surface area contributed by atoms with E-state index in [9.17, 15) is 8.78 Å². The van der Waals surface area contributed by atoms with E-state index in [2.05, 4.69) is 13.0 Å². The summed E-state index contributed by atoms with van der Waals surface area (Å²) in [6.45, 7) is 4.05. The molecule has 92 valence electrons. The molecule has 0 saturated heterocycles. The number of allylic oxidation sites excluding steroid dienone is 2. The van der Waals surface area contributed by atoms with Crippen LogP contribution in [0.3, 0.4) is 0 Å². The summed E-state index contributed by atoms with van der Waals surface area (Å²) in [5, 5.41) is 0. The Kier molecular flexibility index (Phi) is 3.66. The standard InChI is InChI=1S/C14H22F2/c1-9-3-6-11(7-4-9)12-8-5-10(2)13(15)14(12)16/h6,9-10,12-14H,3-5,7-8H2,1-2H3. The molecule has 0 bridgehead atoms. The Labute approximate surface area is 97.1 Å². The molecule has 0 radical (unpaired) electrons. The van der Waals surface area contributed by atoms with E-state index in [1.54, 1.807) is 0 Å². The van der Waals surface area contributed by atoms with Crippen molar-refractivity contribution in [2.45, 2.75) is 58.3 Å². The highest BCUT2D eigenvalue weighted by molar-refractivity contribution is 5.14. The van der Waals surface area contributed by atoms with Gasteiger partial charge in [0.2, 0.25) is 0 Å². The summed E-state index contributed by atoms with van der Waals surface area (Å²) in [5.41, 5.74) is 1.19. The fourth-order valence-corrected chi connectivity index (χ4v) is 3.01.